The van der Waals surface area contributed by atoms with Gasteiger partial charge in [0.2, 0.25) is 0 Å². The van der Waals surface area contributed by atoms with Crippen molar-refractivity contribution < 1.29 is 4.74 Å². The molecule has 0 aliphatic heterocycles. The molecule has 13 heavy (non-hydrogen) atoms. The Kier molecular flexibility index (Phi) is 3.03. The molecular weight excluding hydrogens is 162 g/mol. The van der Waals surface area contributed by atoms with Crippen LogP contribution in [0.2, 0.25) is 0 Å². The zero-order valence-electron chi connectivity index (χ0n) is 9.39. The van der Waals surface area contributed by atoms with E-state index in [0.29, 0.717) is 11.3 Å². The summed E-state index contributed by atoms with van der Waals surface area (Å²) in [6.07, 6.45) is 3.52. The summed E-state index contributed by atoms with van der Waals surface area (Å²) >= 11 is 0. The number of hydrogen-bond donors (Lipinski definition) is 1. The predicted molar refractivity (Wildman–Crippen MR) is 55.6 cm³/mol. The van der Waals surface area contributed by atoms with E-state index in [-0.39, 0.29) is 5.54 Å². The van der Waals surface area contributed by atoms with E-state index in [1.165, 1.54) is 6.42 Å². The molecule has 0 saturated heterocycles. The molecule has 2 unspecified atom stereocenters. The van der Waals surface area contributed by atoms with Crippen LogP contribution in [0, 0.1) is 11.3 Å². The van der Waals surface area contributed by atoms with E-state index in [4.69, 9.17) is 10.5 Å². The smallest absolute Gasteiger partial charge is 0.0505 e. The van der Waals surface area contributed by atoms with Gasteiger partial charge in [-0.15, -0.1) is 0 Å². The Morgan fingerprint density at radius 3 is 2.38 bits per heavy atom. The maximum absolute atomic E-state index is 6.38. The quantitative estimate of drug-likeness (QED) is 0.731. The lowest BCUT2D eigenvalue weighted by molar-refractivity contribution is 0.112. The van der Waals surface area contributed by atoms with E-state index in [9.17, 15) is 0 Å². The fraction of sp³-hybridized carbons (Fsp3) is 1.00. The first-order valence-electron chi connectivity index (χ1n) is 5.17. The molecule has 0 aromatic heterocycles. The summed E-state index contributed by atoms with van der Waals surface area (Å²) in [5, 5.41) is 0. The first-order chi connectivity index (χ1) is 5.90. The molecule has 1 saturated carbocycles. The molecule has 0 aromatic carbocycles. The van der Waals surface area contributed by atoms with Crippen LogP contribution in [0.25, 0.3) is 0 Å². The highest BCUT2D eigenvalue weighted by Crippen LogP contribution is 2.45. The van der Waals surface area contributed by atoms with Gasteiger partial charge in [-0.1, -0.05) is 20.8 Å². The molecule has 0 spiro atoms. The Labute approximate surface area is 81.8 Å². The lowest BCUT2D eigenvalue weighted by Crippen LogP contribution is -2.46. The van der Waals surface area contributed by atoms with E-state index < -0.39 is 0 Å². The first kappa shape index (κ1) is 11.0. The van der Waals surface area contributed by atoms with E-state index in [2.05, 4.69) is 20.8 Å². The Hall–Kier alpha value is -0.0800. The third-order valence-electron chi connectivity index (χ3n) is 3.47. The molecule has 0 bridgehead atoms. The Bertz CT molecular complexity index is 179. The van der Waals surface area contributed by atoms with Gasteiger partial charge < -0.3 is 10.5 Å². The Morgan fingerprint density at radius 2 is 2.00 bits per heavy atom. The molecule has 2 atom stereocenters. The van der Waals surface area contributed by atoms with Gasteiger partial charge in [-0.2, -0.15) is 0 Å². The molecule has 1 aliphatic rings. The van der Waals surface area contributed by atoms with E-state index >= 15 is 0 Å². The monoisotopic (exact) mass is 185 g/mol. The molecule has 1 fully saturated rings. The molecular formula is C11H23NO. The van der Waals surface area contributed by atoms with E-state index in [0.717, 1.165) is 19.4 Å². The first-order valence-corrected chi connectivity index (χ1v) is 5.17. The molecule has 0 amide bonds. The van der Waals surface area contributed by atoms with Crippen LogP contribution in [0.15, 0.2) is 0 Å². The summed E-state index contributed by atoms with van der Waals surface area (Å²) in [5.74, 6) is 0.472. The standard InChI is InChI=1S/C11H23NO/c1-9(7-13-4)11(12)6-5-10(2,3)8-11/h9H,5-8,12H2,1-4H3. The largest absolute Gasteiger partial charge is 0.384 e. The zero-order chi connectivity index (χ0) is 10.1. The van der Waals surface area contributed by atoms with Crippen molar-refractivity contribution in [3.8, 4) is 0 Å². The van der Waals surface area contributed by atoms with Gasteiger partial charge in [0.25, 0.3) is 0 Å². The zero-order valence-corrected chi connectivity index (χ0v) is 9.39. The summed E-state index contributed by atoms with van der Waals surface area (Å²) < 4.78 is 5.17. The summed E-state index contributed by atoms with van der Waals surface area (Å²) in [4.78, 5) is 0. The minimum Gasteiger partial charge on any atom is -0.384 e. The van der Waals surface area contributed by atoms with Gasteiger partial charge in [0.1, 0.15) is 0 Å². The van der Waals surface area contributed by atoms with Crippen LogP contribution < -0.4 is 5.73 Å². The highest BCUT2D eigenvalue weighted by atomic mass is 16.5. The summed E-state index contributed by atoms with van der Waals surface area (Å²) in [5.41, 5.74) is 6.83. The van der Waals surface area contributed by atoms with Gasteiger partial charge in [0.05, 0.1) is 6.61 Å². The van der Waals surface area contributed by atoms with Crippen LogP contribution in [-0.2, 0) is 4.74 Å². The van der Waals surface area contributed by atoms with E-state index in [1.54, 1.807) is 7.11 Å². The average molecular weight is 185 g/mol. The second-order valence-electron chi connectivity index (χ2n) is 5.43. The molecule has 1 aliphatic carbocycles. The molecule has 2 nitrogen and oxygen atoms in total. The van der Waals surface area contributed by atoms with Gasteiger partial charge in [-0.25, -0.2) is 0 Å². The molecule has 0 aromatic rings. The van der Waals surface area contributed by atoms with Crippen molar-refractivity contribution in [2.24, 2.45) is 17.1 Å². The minimum absolute atomic E-state index is 0.0134. The number of nitrogens with two attached hydrogens (primary N) is 1. The highest BCUT2D eigenvalue weighted by molar-refractivity contribution is 5.00. The third-order valence-corrected chi connectivity index (χ3v) is 3.47. The second-order valence-corrected chi connectivity index (χ2v) is 5.43. The maximum atomic E-state index is 6.38. The van der Waals surface area contributed by atoms with Crippen molar-refractivity contribution in [1.82, 2.24) is 0 Å². The van der Waals surface area contributed by atoms with Crippen molar-refractivity contribution in [3.63, 3.8) is 0 Å². The predicted octanol–water partition coefficient (Wildman–Crippen LogP) is 2.18. The van der Waals surface area contributed by atoms with Crippen molar-refractivity contribution in [1.29, 1.82) is 0 Å². The maximum Gasteiger partial charge on any atom is 0.0505 e. The fourth-order valence-corrected chi connectivity index (χ4v) is 2.48. The number of hydrogen-bond acceptors (Lipinski definition) is 2. The normalized spacial score (nSPS) is 34.8. The van der Waals surface area contributed by atoms with Crippen molar-refractivity contribution >= 4 is 0 Å². The van der Waals surface area contributed by atoms with Crippen LogP contribution in [0.3, 0.4) is 0 Å². The highest BCUT2D eigenvalue weighted by Gasteiger charge is 2.43. The molecule has 0 heterocycles. The van der Waals surface area contributed by atoms with Gasteiger partial charge >= 0.3 is 0 Å². The SMILES string of the molecule is COCC(C)C1(N)CCC(C)(C)C1. The lowest BCUT2D eigenvalue weighted by Gasteiger charge is -2.32. The molecule has 78 valence electrons. The summed E-state index contributed by atoms with van der Waals surface area (Å²) in [6.45, 7) is 7.60. The Morgan fingerprint density at radius 1 is 1.38 bits per heavy atom. The van der Waals surface area contributed by atoms with Crippen molar-refractivity contribution in [2.45, 2.75) is 45.6 Å². The number of methoxy groups -OCH3 is 1. The van der Waals surface area contributed by atoms with Gasteiger partial charge in [-0.3, -0.25) is 0 Å². The summed E-state index contributed by atoms with van der Waals surface area (Å²) in [7, 11) is 1.75. The van der Waals surface area contributed by atoms with Crippen LogP contribution in [0.4, 0.5) is 0 Å². The topological polar surface area (TPSA) is 35.2 Å². The molecule has 2 N–H and O–H groups in total. The van der Waals surface area contributed by atoms with Crippen molar-refractivity contribution in [2.75, 3.05) is 13.7 Å². The van der Waals surface area contributed by atoms with Crippen LogP contribution >= 0.6 is 0 Å². The molecule has 2 heteroatoms. The molecule has 0 radical (unpaired) electrons. The van der Waals surface area contributed by atoms with Crippen LogP contribution in [0.1, 0.15) is 40.0 Å². The van der Waals surface area contributed by atoms with Gasteiger partial charge in [0.15, 0.2) is 0 Å². The molecule has 1 rings (SSSR count). The number of ether oxygens (including phenoxy) is 1. The fourth-order valence-electron chi connectivity index (χ4n) is 2.48. The second kappa shape index (κ2) is 3.58. The minimum atomic E-state index is 0.0134. The van der Waals surface area contributed by atoms with E-state index in [1.807, 2.05) is 0 Å². The van der Waals surface area contributed by atoms with Crippen LogP contribution in [0.5, 0.6) is 0 Å². The number of rotatable bonds is 3. The van der Waals surface area contributed by atoms with Gasteiger partial charge in [0, 0.05) is 12.6 Å². The summed E-state index contributed by atoms with van der Waals surface area (Å²) in [6, 6.07) is 0. The Balaban J connectivity index is 2.58. The third kappa shape index (κ3) is 2.44. The van der Waals surface area contributed by atoms with Crippen molar-refractivity contribution in [3.05, 3.63) is 0 Å². The van der Waals surface area contributed by atoms with Crippen LogP contribution in [-0.4, -0.2) is 19.3 Å². The average Bonchev–Trinajstić information content (AvgIpc) is 2.28. The lowest BCUT2D eigenvalue weighted by atomic mass is 9.81. The van der Waals surface area contributed by atoms with Gasteiger partial charge in [-0.05, 0) is 30.6 Å².